The maximum atomic E-state index is 12.8. The third-order valence-corrected chi connectivity index (χ3v) is 5.49. The Balaban J connectivity index is 1.46. The van der Waals surface area contributed by atoms with E-state index >= 15 is 0 Å². The number of carbonyl (C=O) groups excluding carboxylic acids is 1. The molecule has 1 N–H and O–H groups in total. The van der Waals surface area contributed by atoms with E-state index in [0.29, 0.717) is 46.9 Å². The van der Waals surface area contributed by atoms with Gasteiger partial charge >= 0.3 is 0 Å². The fraction of sp³-hybridized carbons (Fsp3) is 0.269. The monoisotopic (exact) mass is 445 g/mol. The molecule has 2 aromatic heterocycles. The first kappa shape index (κ1) is 22.3. The van der Waals surface area contributed by atoms with Crippen molar-refractivity contribution in [3.8, 4) is 11.5 Å². The summed E-state index contributed by atoms with van der Waals surface area (Å²) in [7, 11) is 3.21. The highest BCUT2D eigenvalue weighted by molar-refractivity contribution is 5.97. The fourth-order valence-corrected chi connectivity index (χ4v) is 3.73. The van der Waals surface area contributed by atoms with Gasteiger partial charge in [-0.05, 0) is 61.4 Å². The van der Waals surface area contributed by atoms with Gasteiger partial charge in [0.15, 0.2) is 23.0 Å². The lowest BCUT2D eigenvalue weighted by Crippen LogP contribution is -2.34. The summed E-state index contributed by atoms with van der Waals surface area (Å²) in [6, 6.07) is 14.9. The number of hydrogen-bond donors (Lipinski definition) is 1. The first-order valence-electron chi connectivity index (χ1n) is 10.8. The molecular weight excluding hydrogens is 418 g/mol. The van der Waals surface area contributed by atoms with Crippen LogP contribution in [0.4, 0.5) is 0 Å². The molecule has 2 aromatic carbocycles. The summed E-state index contributed by atoms with van der Waals surface area (Å²) in [6.07, 6.45) is 2.93. The van der Waals surface area contributed by atoms with Gasteiger partial charge in [0.05, 0.1) is 14.2 Å². The molecule has 33 heavy (non-hydrogen) atoms. The standard InChI is InChI=1S/C26H27N3O4/c1-16-6-5-11-27-21(16)12-17(2)28-26(30)19-8-9-20-23(15-19)33-25(29-20)14-18-7-10-22(31-3)24(13-18)32-4/h5-11,13,15,17H,12,14H2,1-4H3,(H,28,30). The van der Waals surface area contributed by atoms with Crippen LogP contribution < -0.4 is 14.8 Å². The first-order valence-corrected chi connectivity index (χ1v) is 10.8. The number of nitrogens with one attached hydrogen (secondary N) is 1. The molecule has 2 heterocycles. The summed E-state index contributed by atoms with van der Waals surface area (Å²) in [5, 5.41) is 3.04. The highest BCUT2D eigenvalue weighted by Gasteiger charge is 2.15. The van der Waals surface area contributed by atoms with Crippen molar-refractivity contribution in [2.75, 3.05) is 14.2 Å². The molecule has 0 saturated heterocycles. The van der Waals surface area contributed by atoms with E-state index in [4.69, 9.17) is 13.9 Å². The number of aromatic nitrogens is 2. The zero-order chi connectivity index (χ0) is 23.4. The second kappa shape index (κ2) is 9.73. The van der Waals surface area contributed by atoms with Crippen molar-refractivity contribution < 1.29 is 18.7 Å². The van der Waals surface area contributed by atoms with Crippen LogP contribution in [0.3, 0.4) is 0 Å². The number of nitrogens with zero attached hydrogens (tertiary/aromatic N) is 2. The number of oxazole rings is 1. The molecule has 0 aliphatic heterocycles. The Kier molecular flexibility index (Phi) is 6.58. The number of pyridine rings is 1. The molecule has 0 aliphatic carbocycles. The highest BCUT2D eigenvalue weighted by Crippen LogP contribution is 2.29. The van der Waals surface area contributed by atoms with E-state index in [1.807, 2.05) is 44.2 Å². The molecule has 0 saturated carbocycles. The predicted octanol–water partition coefficient (Wildman–Crippen LogP) is 4.50. The van der Waals surface area contributed by atoms with Crippen molar-refractivity contribution in [3.63, 3.8) is 0 Å². The number of rotatable bonds is 8. The summed E-state index contributed by atoms with van der Waals surface area (Å²) in [5.74, 6) is 1.73. The van der Waals surface area contributed by atoms with Gasteiger partial charge in [-0.2, -0.15) is 0 Å². The number of ether oxygens (including phenoxy) is 2. The summed E-state index contributed by atoms with van der Waals surface area (Å²) in [4.78, 5) is 21.7. The van der Waals surface area contributed by atoms with Gasteiger partial charge in [-0.1, -0.05) is 12.1 Å². The van der Waals surface area contributed by atoms with Crippen molar-refractivity contribution in [2.24, 2.45) is 0 Å². The average molecular weight is 446 g/mol. The maximum absolute atomic E-state index is 12.8. The number of fused-ring (bicyclic) bond motifs is 1. The van der Waals surface area contributed by atoms with Crippen LogP contribution in [0.25, 0.3) is 11.1 Å². The van der Waals surface area contributed by atoms with Gasteiger partial charge in [0.2, 0.25) is 0 Å². The van der Waals surface area contributed by atoms with Gasteiger partial charge in [0.1, 0.15) is 5.52 Å². The number of carbonyl (C=O) groups is 1. The van der Waals surface area contributed by atoms with Crippen molar-refractivity contribution >= 4 is 17.0 Å². The SMILES string of the molecule is COc1ccc(Cc2nc3ccc(C(=O)NC(C)Cc4ncccc4C)cc3o2)cc1OC. The zero-order valence-electron chi connectivity index (χ0n) is 19.2. The molecule has 7 heteroatoms. The summed E-state index contributed by atoms with van der Waals surface area (Å²) < 4.78 is 16.6. The fourth-order valence-electron chi connectivity index (χ4n) is 3.73. The van der Waals surface area contributed by atoms with E-state index in [1.165, 1.54) is 0 Å². The van der Waals surface area contributed by atoms with Gasteiger partial charge < -0.3 is 19.2 Å². The Hall–Kier alpha value is -3.87. The Morgan fingerprint density at radius 3 is 2.67 bits per heavy atom. The van der Waals surface area contributed by atoms with E-state index in [9.17, 15) is 4.79 Å². The highest BCUT2D eigenvalue weighted by atomic mass is 16.5. The lowest BCUT2D eigenvalue weighted by molar-refractivity contribution is 0.0940. The third kappa shape index (κ3) is 5.14. The molecule has 1 unspecified atom stereocenters. The van der Waals surface area contributed by atoms with Crippen LogP contribution in [0, 0.1) is 6.92 Å². The molecule has 0 fully saturated rings. The van der Waals surface area contributed by atoms with Crippen LogP contribution in [-0.2, 0) is 12.8 Å². The van der Waals surface area contributed by atoms with Gasteiger partial charge in [0.25, 0.3) is 5.91 Å². The van der Waals surface area contributed by atoms with E-state index in [2.05, 4.69) is 15.3 Å². The average Bonchev–Trinajstić information content (AvgIpc) is 3.21. The van der Waals surface area contributed by atoms with Gasteiger partial charge in [-0.25, -0.2) is 4.98 Å². The molecule has 0 bridgehead atoms. The predicted molar refractivity (Wildman–Crippen MR) is 126 cm³/mol. The van der Waals surface area contributed by atoms with Gasteiger partial charge in [0, 0.05) is 36.3 Å². The number of aryl methyl sites for hydroxylation is 1. The Labute approximate surface area is 192 Å². The van der Waals surface area contributed by atoms with Crippen LogP contribution in [0.2, 0.25) is 0 Å². The second-order valence-electron chi connectivity index (χ2n) is 8.00. The summed E-state index contributed by atoms with van der Waals surface area (Å²) >= 11 is 0. The third-order valence-electron chi connectivity index (χ3n) is 5.49. The Morgan fingerprint density at radius 2 is 1.91 bits per heavy atom. The Morgan fingerprint density at radius 1 is 1.09 bits per heavy atom. The molecule has 4 aromatic rings. The Bertz CT molecular complexity index is 1280. The van der Waals surface area contributed by atoms with Crippen LogP contribution in [0.15, 0.2) is 59.1 Å². The van der Waals surface area contributed by atoms with E-state index in [1.54, 1.807) is 38.6 Å². The van der Waals surface area contributed by atoms with Crippen LogP contribution in [0.5, 0.6) is 11.5 Å². The lowest BCUT2D eigenvalue weighted by Gasteiger charge is -2.14. The topological polar surface area (TPSA) is 86.5 Å². The molecule has 0 spiro atoms. The summed E-state index contributed by atoms with van der Waals surface area (Å²) in [5.41, 5.74) is 4.89. The smallest absolute Gasteiger partial charge is 0.251 e. The van der Waals surface area contributed by atoms with Crippen molar-refractivity contribution in [2.45, 2.75) is 32.7 Å². The zero-order valence-corrected chi connectivity index (χ0v) is 19.2. The number of benzene rings is 2. The molecule has 7 nitrogen and oxygen atoms in total. The number of amides is 1. The van der Waals surface area contributed by atoms with Gasteiger partial charge in [-0.3, -0.25) is 9.78 Å². The number of hydrogen-bond acceptors (Lipinski definition) is 6. The van der Waals surface area contributed by atoms with E-state index in [0.717, 1.165) is 16.8 Å². The molecule has 4 rings (SSSR count). The van der Waals surface area contributed by atoms with Crippen LogP contribution in [0.1, 0.15) is 40.0 Å². The largest absolute Gasteiger partial charge is 0.493 e. The summed E-state index contributed by atoms with van der Waals surface area (Å²) in [6.45, 7) is 3.99. The van der Waals surface area contributed by atoms with E-state index in [-0.39, 0.29) is 11.9 Å². The van der Waals surface area contributed by atoms with E-state index < -0.39 is 0 Å². The van der Waals surface area contributed by atoms with Crippen molar-refractivity contribution in [1.29, 1.82) is 0 Å². The quantitative estimate of drug-likeness (QED) is 0.430. The second-order valence-corrected chi connectivity index (χ2v) is 8.00. The molecule has 1 amide bonds. The molecule has 0 aliphatic rings. The molecule has 170 valence electrons. The van der Waals surface area contributed by atoms with Crippen molar-refractivity contribution in [3.05, 3.63) is 83.0 Å². The lowest BCUT2D eigenvalue weighted by atomic mass is 10.1. The maximum Gasteiger partial charge on any atom is 0.251 e. The molecular formula is C26H27N3O4. The van der Waals surface area contributed by atoms with Crippen LogP contribution >= 0.6 is 0 Å². The minimum Gasteiger partial charge on any atom is -0.493 e. The van der Waals surface area contributed by atoms with Crippen molar-refractivity contribution in [1.82, 2.24) is 15.3 Å². The molecule has 1 atom stereocenters. The van der Waals surface area contributed by atoms with Crippen LogP contribution in [-0.4, -0.2) is 36.1 Å². The minimum absolute atomic E-state index is 0.0582. The normalized spacial score (nSPS) is 11.9. The number of methoxy groups -OCH3 is 2. The minimum atomic E-state index is -0.157. The van der Waals surface area contributed by atoms with Gasteiger partial charge in [-0.15, -0.1) is 0 Å². The first-order chi connectivity index (χ1) is 16.0. The molecule has 0 radical (unpaired) electrons.